The first kappa shape index (κ1) is 13.6. The molecule has 1 N–H and O–H groups in total. The van der Waals surface area contributed by atoms with Gasteiger partial charge < -0.3 is 14.8 Å². The van der Waals surface area contributed by atoms with Crippen LogP contribution >= 0.6 is 0 Å². The Labute approximate surface area is 111 Å². The molecule has 0 atom stereocenters. The molecular formula is C13H18N2O4. The normalized spacial score (nSPS) is 21.6. The maximum Gasteiger partial charge on any atom is 0.311 e. The molecule has 2 rings (SSSR count). The SMILES string of the molecule is CNCC1CC(Oc2cc(OC)ccc2[N+](=O)[O-])C1. The van der Waals surface area contributed by atoms with Crippen LogP contribution in [-0.2, 0) is 0 Å². The smallest absolute Gasteiger partial charge is 0.311 e. The Kier molecular flexibility index (Phi) is 4.21. The Balaban J connectivity index is 2.04. The molecule has 0 aliphatic heterocycles. The van der Waals surface area contributed by atoms with Crippen LogP contribution in [0.5, 0.6) is 11.5 Å². The Hall–Kier alpha value is -1.82. The average molecular weight is 266 g/mol. The number of nitrogens with one attached hydrogen (secondary N) is 1. The molecule has 0 amide bonds. The van der Waals surface area contributed by atoms with E-state index in [4.69, 9.17) is 9.47 Å². The number of methoxy groups -OCH3 is 1. The summed E-state index contributed by atoms with van der Waals surface area (Å²) in [5, 5.41) is 14.1. The van der Waals surface area contributed by atoms with E-state index in [1.165, 1.54) is 13.2 Å². The van der Waals surface area contributed by atoms with E-state index in [1.54, 1.807) is 12.1 Å². The number of nitro benzene ring substituents is 1. The summed E-state index contributed by atoms with van der Waals surface area (Å²) < 4.78 is 10.8. The lowest BCUT2D eigenvalue weighted by Gasteiger charge is -2.35. The van der Waals surface area contributed by atoms with Crippen molar-refractivity contribution >= 4 is 5.69 Å². The highest BCUT2D eigenvalue weighted by molar-refractivity contribution is 5.50. The maximum atomic E-state index is 11.0. The number of hydrogen-bond donors (Lipinski definition) is 1. The first-order valence-electron chi connectivity index (χ1n) is 6.27. The minimum absolute atomic E-state index is 0.0159. The van der Waals surface area contributed by atoms with Crippen molar-refractivity contribution in [1.29, 1.82) is 0 Å². The predicted octanol–water partition coefficient (Wildman–Crippen LogP) is 1.98. The lowest BCUT2D eigenvalue weighted by molar-refractivity contribution is -0.386. The molecule has 19 heavy (non-hydrogen) atoms. The number of benzene rings is 1. The molecule has 104 valence electrons. The molecular weight excluding hydrogens is 248 g/mol. The van der Waals surface area contributed by atoms with Crippen molar-refractivity contribution in [2.75, 3.05) is 20.7 Å². The third kappa shape index (κ3) is 3.14. The van der Waals surface area contributed by atoms with Gasteiger partial charge in [0.2, 0.25) is 5.75 Å². The molecule has 0 bridgehead atoms. The molecule has 1 aromatic rings. The van der Waals surface area contributed by atoms with Crippen molar-refractivity contribution < 1.29 is 14.4 Å². The summed E-state index contributed by atoms with van der Waals surface area (Å²) in [6.07, 6.45) is 1.91. The van der Waals surface area contributed by atoms with E-state index in [0.717, 1.165) is 19.4 Å². The van der Waals surface area contributed by atoms with Crippen LogP contribution in [0, 0.1) is 16.0 Å². The molecule has 1 fully saturated rings. The van der Waals surface area contributed by atoms with E-state index < -0.39 is 4.92 Å². The first-order chi connectivity index (χ1) is 9.13. The summed E-state index contributed by atoms with van der Waals surface area (Å²) in [7, 11) is 3.44. The highest BCUT2D eigenvalue weighted by Gasteiger charge is 2.32. The van der Waals surface area contributed by atoms with Crippen LogP contribution in [0.2, 0.25) is 0 Å². The van der Waals surface area contributed by atoms with Crippen molar-refractivity contribution in [2.45, 2.75) is 18.9 Å². The van der Waals surface area contributed by atoms with Crippen LogP contribution < -0.4 is 14.8 Å². The summed E-state index contributed by atoms with van der Waals surface area (Å²) in [5.41, 5.74) is -0.0159. The van der Waals surface area contributed by atoms with Gasteiger partial charge in [0, 0.05) is 12.1 Å². The van der Waals surface area contributed by atoms with E-state index >= 15 is 0 Å². The number of ether oxygens (including phenoxy) is 2. The van der Waals surface area contributed by atoms with Gasteiger partial charge in [-0.2, -0.15) is 0 Å². The summed E-state index contributed by atoms with van der Waals surface area (Å²) in [6, 6.07) is 4.55. The largest absolute Gasteiger partial charge is 0.497 e. The van der Waals surface area contributed by atoms with E-state index in [2.05, 4.69) is 5.32 Å². The van der Waals surface area contributed by atoms with Gasteiger partial charge in [-0.15, -0.1) is 0 Å². The van der Waals surface area contributed by atoms with E-state index in [-0.39, 0.29) is 17.5 Å². The van der Waals surface area contributed by atoms with E-state index in [0.29, 0.717) is 11.7 Å². The molecule has 1 aliphatic carbocycles. The van der Waals surface area contributed by atoms with Gasteiger partial charge in [-0.25, -0.2) is 0 Å². The molecule has 1 aromatic carbocycles. The molecule has 6 heteroatoms. The van der Waals surface area contributed by atoms with Gasteiger partial charge >= 0.3 is 5.69 Å². The standard InChI is InChI=1S/C13H18N2O4/c1-14-8-9-5-11(6-9)19-13-7-10(18-2)3-4-12(13)15(16)17/h3-4,7,9,11,14H,5-6,8H2,1-2H3. The fourth-order valence-electron chi connectivity index (χ4n) is 2.27. The second-order valence-electron chi connectivity index (χ2n) is 4.73. The number of nitrogens with zero attached hydrogens (tertiary/aromatic N) is 1. The lowest BCUT2D eigenvalue weighted by Crippen LogP contribution is -2.38. The molecule has 0 spiro atoms. The number of nitro groups is 1. The summed E-state index contributed by atoms with van der Waals surface area (Å²) >= 11 is 0. The zero-order valence-electron chi connectivity index (χ0n) is 11.1. The van der Waals surface area contributed by atoms with Gasteiger partial charge in [-0.3, -0.25) is 10.1 Å². The van der Waals surface area contributed by atoms with Gasteiger partial charge in [-0.05, 0) is 38.4 Å². The van der Waals surface area contributed by atoms with Gasteiger partial charge in [0.1, 0.15) is 5.75 Å². The van der Waals surface area contributed by atoms with Crippen LogP contribution in [-0.4, -0.2) is 31.7 Å². The minimum Gasteiger partial charge on any atom is -0.497 e. The molecule has 0 unspecified atom stereocenters. The van der Waals surface area contributed by atoms with Gasteiger partial charge in [-0.1, -0.05) is 0 Å². The van der Waals surface area contributed by atoms with Crippen LogP contribution in [0.25, 0.3) is 0 Å². The summed E-state index contributed by atoms with van der Waals surface area (Å²) in [5.74, 6) is 1.45. The second-order valence-corrected chi connectivity index (χ2v) is 4.73. The first-order valence-corrected chi connectivity index (χ1v) is 6.27. The lowest BCUT2D eigenvalue weighted by atomic mass is 9.82. The second kappa shape index (κ2) is 5.88. The molecule has 0 heterocycles. The summed E-state index contributed by atoms with van der Waals surface area (Å²) in [6.45, 7) is 0.958. The monoisotopic (exact) mass is 266 g/mol. The zero-order chi connectivity index (χ0) is 13.8. The Bertz CT molecular complexity index is 458. The van der Waals surface area contributed by atoms with E-state index in [9.17, 15) is 10.1 Å². The van der Waals surface area contributed by atoms with Crippen molar-refractivity contribution in [2.24, 2.45) is 5.92 Å². The highest BCUT2D eigenvalue weighted by Crippen LogP contribution is 2.36. The molecule has 0 aromatic heterocycles. The van der Waals surface area contributed by atoms with Crippen molar-refractivity contribution in [3.05, 3.63) is 28.3 Å². The topological polar surface area (TPSA) is 73.6 Å². The van der Waals surface area contributed by atoms with Crippen LogP contribution in [0.1, 0.15) is 12.8 Å². The molecule has 0 saturated heterocycles. The fourth-order valence-corrected chi connectivity index (χ4v) is 2.27. The Morgan fingerprint density at radius 2 is 2.21 bits per heavy atom. The van der Waals surface area contributed by atoms with Crippen LogP contribution in [0.3, 0.4) is 0 Å². The predicted molar refractivity (Wildman–Crippen MR) is 70.7 cm³/mol. The Morgan fingerprint density at radius 3 is 2.79 bits per heavy atom. The molecule has 0 radical (unpaired) electrons. The fraction of sp³-hybridized carbons (Fsp3) is 0.538. The quantitative estimate of drug-likeness (QED) is 0.629. The number of rotatable bonds is 6. The van der Waals surface area contributed by atoms with Crippen molar-refractivity contribution in [1.82, 2.24) is 5.32 Å². The van der Waals surface area contributed by atoms with Crippen molar-refractivity contribution in [3.8, 4) is 11.5 Å². The molecule has 1 saturated carbocycles. The van der Waals surface area contributed by atoms with E-state index in [1.807, 2.05) is 7.05 Å². The van der Waals surface area contributed by atoms with Crippen LogP contribution in [0.4, 0.5) is 5.69 Å². The molecule has 6 nitrogen and oxygen atoms in total. The van der Waals surface area contributed by atoms with Gasteiger partial charge in [0.15, 0.2) is 0 Å². The number of hydrogen-bond acceptors (Lipinski definition) is 5. The summed E-state index contributed by atoms with van der Waals surface area (Å²) in [4.78, 5) is 10.5. The third-order valence-electron chi connectivity index (χ3n) is 3.34. The third-order valence-corrected chi connectivity index (χ3v) is 3.34. The Morgan fingerprint density at radius 1 is 1.47 bits per heavy atom. The zero-order valence-corrected chi connectivity index (χ0v) is 11.1. The van der Waals surface area contributed by atoms with Gasteiger partial charge in [0.25, 0.3) is 0 Å². The van der Waals surface area contributed by atoms with Crippen LogP contribution in [0.15, 0.2) is 18.2 Å². The minimum atomic E-state index is -0.432. The van der Waals surface area contributed by atoms with Crippen molar-refractivity contribution in [3.63, 3.8) is 0 Å². The highest BCUT2D eigenvalue weighted by atomic mass is 16.6. The van der Waals surface area contributed by atoms with Gasteiger partial charge in [0.05, 0.1) is 18.1 Å². The maximum absolute atomic E-state index is 11.0. The molecule has 1 aliphatic rings. The average Bonchev–Trinajstić information content (AvgIpc) is 2.35.